The van der Waals surface area contributed by atoms with E-state index in [-0.39, 0.29) is 0 Å². The van der Waals surface area contributed by atoms with E-state index in [1.165, 1.54) is 5.52 Å². The SMILES string of the molecule is c1cc2c(cn1)nc1n2CCNC1. The first kappa shape index (κ1) is 7.03. The van der Waals surface area contributed by atoms with Crippen LogP contribution < -0.4 is 5.32 Å². The molecule has 4 heteroatoms. The van der Waals surface area contributed by atoms with Gasteiger partial charge in [-0.1, -0.05) is 0 Å². The number of nitrogens with one attached hydrogen (secondary N) is 1. The van der Waals surface area contributed by atoms with Gasteiger partial charge in [-0.2, -0.15) is 0 Å². The van der Waals surface area contributed by atoms with Crippen molar-refractivity contribution in [3.63, 3.8) is 0 Å². The molecule has 3 rings (SSSR count). The fourth-order valence-electron chi connectivity index (χ4n) is 1.81. The smallest absolute Gasteiger partial charge is 0.123 e. The molecule has 0 aliphatic carbocycles. The Hall–Kier alpha value is -1.42. The van der Waals surface area contributed by atoms with Gasteiger partial charge >= 0.3 is 0 Å². The molecular formula is C9H10N4. The minimum atomic E-state index is 0.870. The van der Waals surface area contributed by atoms with Crippen LogP contribution in [0.5, 0.6) is 0 Å². The molecule has 4 nitrogen and oxygen atoms in total. The monoisotopic (exact) mass is 174 g/mol. The largest absolute Gasteiger partial charge is 0.326 e. The highest BCUT2D eigenvalue weighted by molar-refractivity contribution is 5.74. The molecule has 1 N–H and O–H groups in total. The Morgan fingerprint density at radius 2 is 2.46 bits per heavy atom. The molecule has 1 aliphatic rings. The molecule has 2 aromatic heterocycles. The van der Waals surface area contributed by atoms with E-state index in [9.17, 15) is 0 Å². The third-order valence-corrected chi connectivity index (χ3v) is 2.42. The van der Waals surface area contributed by atoms with E-state index in [1.54, 1.807) is 0 Å². The van der Waals surface area contributed by atoms with E-state index in [0.29, 0.717) is 0 Å². The molecule has 0 unspecified atom stereocenters. The van der Waals surface area contributed by atoms with Crippen LogP contribution in [0.3, 0.4) is 0 Å². The van der Waals surface area contributed by atoms with Crippen molar-refractivity contribution in [2.75, 3.05) is 6.54 Å². The topological polar surface area (TPSA) is 42.7 Å². The number of fused-ring (bicyclic) bond motifs is 3. The molecule has 0 amide bonds. The first-order valence-electron chi connectivity index (χ1n) is 4.45. The maximum atomic E-state index is 4.49. The zero-order valence-electron chi connectivity index (χ0n) is 7.20. The summed E-state index contributed by atoms with van der Waals surface area (Å²) in [5.41, 5.74) is 2.20. The first-order chi connectivity index (χ1) is 6.45. The van der Waals surface area contributed by atoms with E-state index in [4.69, 9.17) is 0 Å². The Kier molecular flexibility index (Phi) is 1.37. The average molecular weight is 174 g/mol. The molecular weight excluding hydrogens is 164 g/mol. The number of pyridine rings is 1. The summed E-state index contributed by atoms with van der Waals surface area (Å²) in [6, 6.07) is 2.02. The van der Waals surface area contributed by atoms with Crippen LogP contribution in [0.4, 0.5) is 0 Å². The molecule has 3 heterocycles. The van der Waals surface area contributed by atoms with Gasteiger partial charge in [0.15, 0.2) is 0 Å². The fraction of sp³-hybridized carbons (Fsp3) is 0.333. The molecule has 0 saturated heterocycles. The van der Waals surface area contributed by atoms with E-state index in [2.05, 4.69) is 19.9 Å². The lowest BCUT2D eigenvalue weighted by molar-refractivity contribution is 0.514. The summed E-state index contributed by atoms with van der Waals surface area (Å²) in [5.74, 6) is 1.12. The summed E-state index contributed by atoms with van der Waals surface area (Å²) < 4.78 is 2.26. The van der Waals surface area contributed by atoms with Gasteiger partial charge in [-0.05, 0) is 6.07 Å². The normalized spacial score (nSPS) is 16.0. The van der Waals surface area contributed by atoms with Gasteiger partial charge in [-0.3, -0.25) is 4.98 Å². The van der Waals surface area contributed by atoms with E-state index in [1.807, 2.05) is 18.5 Å². The zero-order chi connectivity index (χ0) is 8.67. The second kappa shape index (κ2) is 2.53. The first-order valence-corrected chi connectivity index (χ1v) is 4.45. The van der Waals surface area contributed by atoms with Crippen LogP contribution in [-0.4, -0.2) is 21.1 Å². The Labute approximate surface area is 75.6 Å². The second-order valence-corrected chi connectivity index (χ2v) is 3.22. The minimum absolute atomic E-state index is 0.870. The van der Waals surface area contributed by atoms with Crippen LogP contribution in [0.1, 0.15) is 5.82 Å². The highest BCUT2D eigenvalue weighted by Crippen LogP contribution is 2.15. The quantitative estimate of drug-likeness (QED) is 0.633. The lowest BCUT2D eigenvalue weighted by Crippen LogP contribution is -2.28. The molecule has 0 radical (unpaired) electrons. The van der Waals surface area contributed by atoms with Crippen LogP contribution in [0, 0.1) is 0 Å². The molecule has 0 fully saturated rings. The van der Waals surface area contributed by atoms with Gasteiger partial charge in [-0.15, -0.1) is 0 Å². The maximum Gasteiger partial charge on any atom is 0.123 e. The molecule has 0 aromatic carbocycles. The number of aromatic nitrogens is 3. The van der Waals surface area contributed by atoms with Crippen LogP contribution in [-0.2, 0) is 13.1 Å². The van der Waals surface area contributed by atoms with Crippen molar-refractivity contribution in [1.82, 2.24) is 19.9 Å². The standard InChI is InChI=1S/C9H10N4/c1-2-10-5-7-8(1)13-4-3-11-6-9(13)12-7/h1-2,5,11H,3-4,6H2. The predicted molar refractivity (Wildman–Crippen MR) is 49.2 cm³/mol. The number of rotatable bonds is 0. The van der Waals surface area contributed by atoms with Crippen LogP contribution in [0.2, 0.25) is 0 Å². The maximum absolute atomic E-state index is 4.49. The number of hydrogen-bond acceptors (Lipinski definition) is 3. The molecule has 0 spiro atoms. The van der Waals surface area contributed by atoms with E-state index in [0.717, 1.165) is 31.0 Å². The highest BCUT2D eigenvalue weighted by atomic mass is 15.2. The highest BCUT2D eigenvalue weighted by Gasteiger charge is 2.12. The fourth-order valence-corrected chi connectivity index (χ4v) is 1.81. The van der Waals surface area contributed by atoms with Crippen LogP contribution in [0.25, 0.3) is 11.0 Å². The Balaban J connectivity index is 2.34. The second-order valence-electron chi connectivity index (χ2n) is 3.22. The molecule has 1 aliphatic heterocycles. The summed E-state index contributed by atoms with van der Waals surface area (Å²) in [4.78, 5) is 8.55. The average Bonchev–Trinajstić information content (AvgIpc) is 2.56. The Morgan fingerprint density at radius 1 is 1.46 bits per heavy atom. The van der Waals surface area contributed by atoms with Gasteiger partial charge in [0, 0.05) is 19.3 Å². The van der Waals surface area contributed by atoms with Gasteiger partial charge < -0.3 is 9.88 Å². The lowest BCUT2D eigenvalue weighted by atomic mass is 10.4. The van der Waals surface area contributed by atoms with Crippen molar-refractivity contribution in [2.45, 2.75) is 13.1 Å². The van der Waals surface area contributed by atoms with Gasteiger partial charge in [0.1, 0.15) is 11.3 Å². The number of hydrogen-bond donors (Lipinski definition) is 1. The van der Waals surface area contributed by atoms with Crippen molar-refractivity contribution < 1.29 is 0 Å². The van der Waals surface area contributed by atoms with Gasteiger partial charge in [0.25, 0.3) is 0 Å². The number of nitrogens with zero attached hydrogens (tertiary/aromatic N) is 3. The summed E-state index contributed by atoms with van der Waals surface area (Å²) in [6.45, 7) is 2.91. The van der Waals surface area contributed by atoms with Crippen LogP contribution >= 0.6 is 0 Å². The molecule has 0 saturated carbocycles. The van der Waals surface area contributed by atoms with Crippen molar-refractivity contribution >= 4 is 11.0 Å². The molecule has 0 bridgehead atoms. The summed E-state index contributed by atoms with van der Waals surface area (Å²) in [7, 11) is 0. The minimum Gasteiger partial charge on any atom is -0.326 e. The molecule has 2 aromatic rings. The van der Waals surface area contributed by atoms with Crippen molar-refractivity contribution in [1.29, 1.82) is 0 Å². The van der Waals surface area contributed by atoms with E-state index >= 15 is 0 Å². The lowest BCUT2D eigenvalue weighted by Gasteiger charge is -2.15. The molecule has 13 heavy (non-hydrogen) atoms. The Morgan fingerprint density at radius 3 is 3.46 bits per heavy atom. The summed E-state index contributed by atoms with van der Waals surface area (Å²) >= 11 is 0. The number of imidazole rings is 1. The Bertz CT molecular complexity index is 446. The van der Waals surface area contributed by atoms with Gasteiger partial charge in [0.2, 0.25) is 0 Å². The van der Waals surface area contributed by atoms with Crippen molar-refractivity contribution in [2.24, 2.45) is 0 Å². The molecule has 66 valence electrons. The predicted octanol–water partition coefficient (Wildman–Crippen LogP) is 0.534. The third-order valence-electron chi connectivity index (χ3n) is 2.42. The zero-order valence-corrected chi connectivity index (χ0v) is 7.20. The van der Waals surface area contributed by atoms with E-state index < -0.39 is 0 Å². The van der Waals surface area contributed by atoms with Crippen molar-refractivity contribution in [3.05, 3.63) is 24.3 Å². The van der Waals surface area contributed by atoms with Crippen LogP contribution in [0.15, 0.2) is 18.5 Å². The molecule has 0 atom stereocenters. The van der Waals surface area contributed by atoms with Gasteiger partial charge in [0.05, 0.1) is 18.3 Å². The third kappa shape index (κ3) is 0.954. The summed E-state index contributed by atoms with van der Waals surface area (Å²) in [6.07, 6.45) is 3.64. The van der Waals surface area contributed by atoms with Gasteiger partial charge in [-0.25, -0.2) is 4.98 Å². The van der Waals surface area contributed by atoms with Crippen molar-refractivity contribution in [3.8, 4) is 0 Å². The summed E-state index contributed by atoms with van der Waals surface area (Å²) in [5, 5.41) is 3.30.